The van der Waals surface area contributed by atoms with Crippen molar-refractivity contribution in [3.05, 3.63) is 186 Å². The summed E-state index contributed by atoms with van der Waals surface area (Å²) in [4.78, 5) is 85.9. The Kier molecular flexibility index (Phi) is 10.0. The number of nitrogens with zero attached hydrogens (tertiary/aromatic N) is 6. The Hall–Kier alpha value is -7.97. The fraction of sp³-hybridized carbons (Fsp3) is 0.152. The van der Waals surface area contributed by atoms with Crippen LogP contribution < -0.4 is 22.2 Å². The van der Waals surface area contributed by atoms with Crippen molar-refractivity contribution in [2.24, 2.45) is 0 Å². The van der Waals surface area contributed by atoms with E-state index in [-0.39, 0.29) is 52.1 Å². The quantitative estimate of drug-likeness (QED) is 0.139. The maximum absolute atomic E-state index is 13.0. The molecule has 0 saturated heterocycles. The van der Waals surface area contributed by atoms with Gasteiger partial charge in [-0.15, -0.1) is 0 Å². The van der Waals surface area contributed by atoms with Gasteiger partial charge in [0.25, 0.3) is 28.0 Å². The highest BCUT2D eigenvalue weighted by molar-refractivity contribution is 6.02. The molecule has 16 heteroatoms. The van der Waals surface area contributed by atoms with E-state index >= 15 is 0 Å². The highest BCUT2D eigenvalue weighted by Crippen LogP contribution is 2.28. The number of alkyl halides is 3. The Morgan fingerprint density at radius 3 is 1.40 bits per heavy atom. The number of aromatic nitrogens is 6. The zero-order chi connectivity index (χ0) is 44.4. The second-order valence-corrected chi connectivity index (χ2v) is 14.7. The first-order chi connectivity index (χ1) is 29.5. The van der Waals surface area contributed by atoms with E-state index in [1.165, 1.54) is 19.6 Å². The molecule has 0 aliphatic heterocycles. The Morgan fingerprint density at radius 1 is 0.516 bits per heavy atom. The molecule has 0 aliphatic rings. The number of hydrogen-bond donors (Lipinski definition) is 0. The average molecular weight is 840 g/mol. The van der Waals surface area contributed by atoms with E-state index < -0.39 is 28.8 Å². The van der Waals surface area contributed by atoms with Crippen LogP contribution in [0.25, 0.3) is 43.6 Å². The van der Waals surface area contributed by atoms with E-state index in [1.807, 2.05) is 26.0 Å². The minimum Gasteiger partial charge on any atom is -0.295 e. The zero-order valence-electron chi connectivity index (χ0n) is 33.5. The first-order valence-corrected chi connectivity index (χ1v) is 19.2. The van der Waals surface area contributed by atoms with Gasteiger partial charge in [0, 0.05) is 50.0 Å². The van der Waals surface area contributed by atoms with Crippen LogP contribution in [0.15, 0.2) is 129 Å². The molecule has 0 unspecified atom stereocenters. The molecule has 10 aromatic heterocycles. The molecule has 0 N–H and O–H groups in total. The van der Waals surface area contributed by atoms with Crippen molar-refractivity contribution in [3.63, 3.8) is 0 Å². The van der Waals surface area contributed by atoms with Gasteiger partial charge in [-0.25, -0.2) is 0 Å². The smallest absolute Gasteiger partial charge is 0.295 e. The highest BCUT2D eigenvalue weighted by atomic mass is 19.4. The van der Waals surface area contributed by atoms with Crippen molar-refractivity contribution >= 4 is 61.2 Å². The fourth-order valence-corrected chi connectivity index (χ4v) is 8.06. The normalized spacial score (nSPS) is 11.7. The first kappa shape index (κ1) is 40.8. The summed E-state index contributed by atoms with van der Waals surface area (Å²) in [5.41, 5.74) is 2.34. The zero-order valence-corrected chi connectivity index (χ0v) is 33.5. The summed E-state index contributed by atoms with van der Waals surface area (Å²) in [6, 6.07) is 21.0. The van der Waals surface area contributed by atoms with Crippen LogP contribution >= 0.6 is 0 Å². The molecule has 10 rings (SSSR count). The molecule has 0 saturated carbocycles. The molecular formula is C46H34F3N6O7+. The van der Waals surface area contributed by atoms with E-state index in [9.17, 15) is 46.7 Å². The minimum absolute atomic E-state index is 0.0265. The van der Waals surface area contributed by atoms with Crippen molar-refractivity contribution in [1.82, 2.24) is 26.7 Å². The number of carbonyl (C=O) groups is 3. The van der Waals surface area contributed by atoms with Gasteiger partial charge in [0.2, 0.25) is 11.8 Å². The van der Waals surface area contributed by atoms with Crippen molar-refractivity contribution in [2.75, 3.05) is 0 Å². The van der Waals surface area contributed by atoms with Gasteiger partial charge < -0.3 is 0 Å². The van der Waals surface area contributed by atoms with Gasteiger partial charge in [0.1, 0.15) is 11.8 Å². The van der Waals surface area contributed by atoms with Crippen LogP contribution in [0.4, 0.5) is 13.2 Å². The minimum atomic E-state index is -5.10. The molecule has 0 amide bonds. The molecule has 0 fully saturated rings. The lowest BCUT2D eigenvalue weighted by Crippen LogP contribution is -2.29. The molecular weight excluding hydrogens is 806 g/mol. The summed E-state index contributed by atoms with van der Waals surface area (Å²) in [6.45, 7) is 6.94. The van der Waals surface area contributed by atoms with Crippen LogP contribution in [0.2, 0.25) is 0 Å². The number of aryl methyl sites for hydroxylation is 4. The van der Waals surface area contributed by atoms with Crippen molar-refractivity contribution < 1.29 is 27.6 Å². The summed E-state index contributed by atoms with van der Waals surface area (Å²) in [6.07, 6.45) is 7.01. The molecule has 0 spiro atoms. The van der Waals surface area contributed by atoms with Gasteiger partial charge in [-0.1, -0.05) is 0 Å². The lowest BCUT2D eigenvalue weighted by Gasteiger charge is -2.11. The standard InChI is InChI=1S/C18H11F3N2O3.C16H11N2O2.C12H12N2O2/c1-8-10-4-3-7-22(10)16(25)13-9(2)11-5-6-12(15(24)18(19,20)21)23(11)17(26)14(8)13;1-9-11-5-3-7-17(11)16(20)14-10(2)12-6-4-8-18(12)15(19)13(9)14;15-11(13-7-1-2-8-13)5-6-12(16)14-9-3-4-10-14/h3-7H,1-2H3;3,5-8H,1-2H3;1-4,7-10H,5-6H2/q;+1;. The topological polar surface area (TPSA) is 147 Å². The van der Waals surface area contributed by atoms with Crippen LogP contribution in [-0.4, -0.2) is 50.5 Å². The number of fused-ring (bicyclic) bond motifs is 6. The third-order valence-electron chi connectivity index (χ3n) is 11.1. The van der Waals surface area contributed by atoms with Crippen LogP contribution in [-0.2, 0) is 0 Å². The van der Waals surface area contributed by atoms with Crippen molar-refractivity contribution in [1.29, 1.82) is 0 Å². The van der Waals surface area contributed by atoms with E-state index in [2.05, 4.69) is 6.07 Å². The second kappa shape index (κ2) is 15.2. The summed E-state index contributed by atoms with van der Waals surface area (Å²) in [7, 11) is 0. The molecule has 0 atom stereocenters. The second-order valence-electron chi connectivity index (χ2n) is 14.7. The van der Waals surface area contributed by atoms with Crippen LogP contribution in [0, 0.1) is 33.8 Å². The van der Waals surface area contributed by atoms with Crippen LogP contribution in [0.3, 0.4) is 0 Å². The van der Waals surface area contributed by atoms with Crippen LogP contribution in [0.1, 0.15) is 55.2 Å². The number of Topliss-reactive ketones (excluding diaryl/α,β-unsaturated/α-hetero) is 1. The van der Waals surface area contributed by atoms with Crippen molar-refractivity contribution in [2.45, 2.75) is 46.7 Å². The predicted molar refractivity (Wildman–Crippen MR) is 227 cm³/mol. The number of hydrogen-bond acceptors (Lipinski definition) is 7. The third-order valence-corrected chi connectivity index (χ3v) is 11.1. The van der Waals surface area contributed by atoms with Gasteiger partial charge in [-0.2, -0.15) is 17.6 Å². The predicted octanol–water partition coefficient (Wildman–Crippen LogP) is 6.84. The van der Waals surface area contributed by atoms with E-state index in [4.69, 9.17) is 0 Å². The summed E-state index contributed by atoms with van der Waals surface area (Å²) < 4.78 is 46.9. The summed E-state index contributed by atoms with van der Waals surface area (Å²) >= 11 is 0. The Bertz CT molecular complexity index is 3520. The number of pyridine rings is 4. The van der Waals surface area contributed by atoms with E-state index in [0.29, 0.717) is 27.4 Å². The molecule has 10 aromatic rings. The molecule has 13 nitrogen and oxygen atoms in total. The number of halogens is 3. The van der Waals surface area contributed by atoms with E-state index in [0.717, 1.165) is 32.6 Å². The molecule has 0 aromatic carbocycles. The number of rotatable bonds is 4. The van der Waals surface area contributed by atoms with Gasteiger partial charge >= 0.3 is 6.18 Å². The number of carbonyl (C=O) groups excluding carboxylic acids is 3. The maximum Gasteiger partial charge on any atom is 0.456 e. The highest BCUT2D eigenvalue weighted by Gasteiger charge is 2.41. The van der Waals surface area contributed by atoms with Crippen molar-refractivity contribution in [3.8, 4) is 0 Å². The monoisotopic (exact) mass is 839 g/mol. The van der Waals surface area contributed by atoms with Crippen LogP contribution in [0.5, 0.6) is 0 Å². The molecule has 310 valence electrons. The molecule has 0 radical (unpaired) electrons. The third kappa shape index (κ3) is 6.53. The van der Waals surface area contributed by atoms with Gasteiger partial charge in [-0.05, 0) is 105 Å². The Morgan fingerprint density at radius 2 is 0.935 bits per heavy atom. The molecule has 10 heterocycles. The maximum atomic E-state index is 13.0. The van der Waals surface area contributed by atoms with Gasteiger partial charge in [0.15, 0.2) is 17.8 Å². The first-order valence-electron chi connectivity index (χ1n) is 19.2. The molecule has 62 heavy (non-hydrogen) atoms. The fourth-order valence-electron chi connectivity index (χ4n) is 8.06. The Labute approximate surface area is 347 Å². The van der Waals surface area contributed by atoms with E-state index in [1.54, 1.807) is 108 Å². The average Bonchev–Trinajstić information content (AvgIpc) is 4.10. The molecule has 0 aliphatic carbocycles. The molecule has 0 bridgehead atoms. The van der Waals surface area contributed by atoms with Gasteiger partial charge in [-0.3, -0.25) is 55.9 Å². The largest absolute Gasteiger partial charge is 0.456 e. The lowest BCUT2D eigenvalue weighted by molar-refractivity contribution is -0.0888. The lowest BCUT2D eigenvalue weighted by atomic mass is 10.0. The van der Waals surface area contributed by atoms with Gasteiger partial charge in [0.05, 0.1) is 43.7 Å². The number of ketones is 1. The summed E-state index contributed by atoms with van der Waals surface area (Å²) in [5.74, 6) is -2.23. The SMILES string of the molecule is Cc1c2c(=O)n3c(C(=O)C(F)(F)F)ccc3c(C)c2c(=O)n2cccc12.Cc1c2c(=O)n3c[c+]cc3c(C)c2c(=O)n2cccc12.O=C(CCC(=O)n1cccc1)n1cccc1. The Balaban J connectivity index is 0.000000132. The summed E-state index contributed by atoms with van der Waals surface area (Å²) in [5, 5.41) is 1.19.